The van der Waals surface area contributed by atoms with Gasteiger partial charge in [-0.2, -0.15) is 0 Å². The second kappa shape index (κ2) is 17.9. The molecule has 2 unspecified atom stereocenters. The molecule has 4 aliphatic rings. The number of hydrogen-bond donors (Lipinski definition) is 2. The highest BCUT2D eigenvalue weighted by atomic mass is 79.9. The molecule has 3 heterocycles. The lowest BCUT2D eigenvalue weighted by Gasteiger charge is -2.30. The third-order valence-electron chi connectivity index (χ3n) is 12.6. The molecule has 2 saturated carbocycles. The number of rotatable bonds is 9. The molecule has 2 amide bonds. The van der Waals surface area contributed by atoms with Gasteiger partial charge in [0.05, 0.1) is 36.0 Å². The molecular formula is C43H53BrF2N3O8P. The number of ketones is 1. The summed E-state index contributed by atoms with van der Waals surface area (Å²) in [6, 6.07) is 6.79. The summed E-state index contributed by atoms with van der Waals surface area (Å²) < 4.78 is 63.2. The van der Waals surface area contributed by atoms with Gasteiger partial charge in [-0.15, -0.1) is 0 Å². The van der Waals surface area contributed by atoms with Crippen LogP contribution in [0.3, 0.4) is 0 Å². The van der Waals surface area contributed by atoms with E-state index in [0.29, 0.717) is 48.4 Å². The number of hydrogen-bond acceptors (Lipinski definition) is 8. The fourth-order valence-corrected chi connectivity index (χ4v) is 12.4. The van der Waals surface area contributed by atoms with Crippen LogP contribution >= 0.6 is 23.3 Å². The highest BCUT2D eigenvalue weighted by Gasteiger charge is 2.66. The first-order valence-electron chi connectivity index (χ1n) is 20.7. The van der Waals surface area contributed by atoms with Crippen LogP contribution in [0, 0.1) is 24.5 Å². The van der Waals surface area contributed by atoms with E-state index in [9.17, 15) is 32.6 Å². The molecule has 2 aromatic carbocycles. The van der Waals surface area contributed by atoms with Crippen LogP contribution in [0.15, 0.2) is 40.9 Å². The molecular weight excluding hydrogens is 835 g/mol. The van der Waals surface area contributed by atoms with Gasteiger partial charge in [0.1, 0.15) is 35.6 Å². The first kappa shape index (κ1) is 42.5. The number of ether oxygens (including phenoxy) is 3. The van der Waals surface area contributed by atoms with Crippen LogP contribution in [0.5, 0.6) is 11.6 Å². The molecule has 314 valence electrons. The number of halogens is 3. The van der Waals surface area contributed by atoms with Gasteiger partial charge in [0, 0.05) is 34.3 Å². The van der Waals surface area contributed by atoms with Gasteiger partial charge in [-0.1, -0.05) is 44.2 Å². The SMILES string of the molecule is CCOc1cc(OC2C[C@H]3C(=O)C[C@]4(P(=O)(O)Cc5c(F)cccc5F)C[C@@H]4CCCCCCC[C@H](NC(=O)OC4CCCC4)C(=O)N3C2)c2ccc(C)c(Br)c2n1. The van der Waals surface area contributed by atoms with Crippen molar-refractivity contribution in [3.63, 3.8) is 0 Å². The summed E-state index contributed by atoms with van der Waals surface area (Å²) >= 11 is 3.65. The highest BCUT2D eigenvalue weighted by molar-refractivity contribution is 9.10. The largest absolute Gasteiger partial charge is 0.488 e. The molecule has 6 atom stereocenters. The van der Waals surface area contributed by atoms with Crippen molar-refractivity contribution in [3.8, 4) is 11.6 Å². The minimum atomic E-state index is -4.40. The Kier molecular flexibility index (Phi) is 13.1. The zero-order valence-corrected chi connectivity index (χ0v) is 35.6. The number of nitrogens with zero attached hydrogens (tertiary/aromatic N) is 2. The molecule has 4 fully saturated rings. The normalized spacial score (nSPS) is 26.9. The van der Waals surface area contributed by atoms with E-state index < -0.39 is 71.9 Å². The summed E-state index contributed by atoms with van der Waals surface area (Å²) in [4.78, 5) is 60.7. The second-order valence-electron chi connectivity index (χ2n) is 16.5. The summed E-state index contributed by atoms with van der Waals surface area (Å²) in [7, 11) is -4.40. The number of carbonyl (C=O) groups is 3. The van der Waals surface area contributed by atoms with Gasteiger partial charge in [-0.05, 0) is 104 Å². The van der Waals surface area contributed by atoms with Crippen molar-refractivity contribution in [1.82, 2.24) is 15.2 Å². The van der Waals surface area contributed by atoms with E-state index in [1.165, 1.54) is 11.0 Å². The van der Waals surface area contributed by atoms with Gasteiger partial charge in [-0.3, -0.25) is 14.2 Å². The van der Waals surface area contributed by atoms with E-state index >= 15 is 0 Å². The zero-order valence-electron chi connectivity index (χ0n) is 33.2. The molecule has 2 saturated heterocycles. The molecule has 11 nitrogen and oxygen atoms in total. The van der Waals surface area contributed by atoms with Crippen LogP contribution in [0.25, 0.3) is 10.9 Å². The van der Waals surface area contributed by atoms with Gasteiger partial charge in [0.15, 0.2) is 5.78 Å². The number of fused-ring (bicyclic) bond motifs is 3. The topological polar surface area (TPSA) is 144 Å². The predicted octanol–water partition coefficient (Wildman–Crippen LogP) is 9.30. The first-order valence-corrected chi connectivity index (χ1v) is 23.4. The summed E-state index contributed by atoms with van der Waals surface area (Å²) in [5.74, 6) is -2.23. The van der Waals surface area contributed by atoms with Gasteiger partial charge in [0.25, 0.3) is 0 Å². The number of aryl methyl sites for hydroxylation is 1. The minimum Gasteiger partial charge on any atom is -0.488 e. The Balaban J connectivity index is 1.22. The molecule has 0 radical (unpaired) electrons. The van der Waals surface area contributed by atoms with Crippen molar-refractivity contribution < 1.29 is 46.8 Å². The fraction of sp³-hybridized carbons (Fsp3) is 0.581. The zero-order chi connectivity index (χ0) is 41.2. The van der Waals surface area contributed by atoms with Crippen LogP contribution < -0.4 is 14.8 Å². The molecule has 7 rings (SSSR count). The maximum atomic E-state index is 14.9. The molecule has 0 spiro atoms. The van der Waals surface area contributed by atoms with Crippen molar-refractivity contribution in [3.05, 3.63) is 63.6 Å². The number of nitrogens with one attached hydrogen (secondary N) is 1. The second-order valence-corrected chi connectivity index (χ2v) is 19.9. The van der Waals surface area contributed by atoms with E-state index in [0.717, 1.165) is 73.5 Å². The quantitative estimate of drug-likeness (QED) is 0.201. The molecule has 2 aliphatic heterocycles. The van der Waals surface area contributed by atoms with Crippen LogP contribution in [0.2, 0.25) is 0 Å². The van der Waals surface area contributed by atoms with E-state index in [1.807, 2.05) is 26.0 Å². The number of Topliss-reactive ketones (excluding diaryl/α,β-unsaturated/α-hetero) is 1. The number of pyridine rings is 1. The number of alkyl carbamates (subject to hydrolysis) is 1. The number of carbonyl (C=O) groups excluding carboxylic acids is 3. The highest BCUT2D eigenvalue weighted by Crippen LogP contribution is 2.75. The lowest BCUT2D eigenvalue weighted by molar-refractivity contribution is -0.139. The van der Waals surface area contributed by atoms with E-state index in [1.54, 1.807) is 6.07 Å². The molecule has 2 aliphatic carbocycles. The predicted molar refractivity (Wildman–Crippen MR) is 218 cm³/mol. The van der Waals surface area contributed by atoms with Crippen molar-refractivity contribution in [1.29, 1.82) is 0 Å². The van der Waals surface area contributed by atoms with Crippen molar-refractivity contribution >= 4 is 52.0 Å². The van der Waals surface area contributed by atoms with E-state index in [2.05, 4.69) is 26.2 Å². The Bertz CT molecular complexity index is 2060. The molecule has 2 N–H and O–H groups in total. The fourth-order valence-electron chi connectivity index (χ4n) is 9.28. The average Bonchev–Trinajstić information content (AvgIpc) is 3.45. The number of benzene rings is 2. The smallest absolute Gasteiger partial charge is 0.408 e. The monoisotopic (exact) mass is 887 g/mol. The molecule has 15 heteroatoms. The van der Waals surface area contributed by atoms with Crippen LogP contribution in [-0.4, -0.2) is 75.2 Å². The third-order valence-corrected chi connectivity index (χ3v) is 16.4. The third kappa shape index (κ3) is 9.09. The Morgan fingerprint density at radius 1 is 1.02 bits per heavy atom. The number of aromatic nitrogens is 1. The molecule has 3 aromatic rings. The first-order chi connectivity index (χ1) is 27.8. The minimum absolute atomic E-state index is 0.000436. The summed E-state index contributed by atoms with van der Waals surface area (Å²) in [5, 5.41) is 2.13. The van der Waals surface area contributed by atoms with Gasteiger partial charge in [-0.25, -0.2) is 18.6 Å². The molecule has 58 heavy (non-hydrogen) atoms. The van der Waals surface area contributed by atoms with Crippen LogP contribution in [0.1, 0.15) is 108 Å². The standard InChI is InChI=1S/C43H53BrF2N3O8P/c1-3-55-38-21-37(30-19-18-26(2)39(44)40(30)48-38)56-29-20-35-36(50)23-43(58(53,54)25-31-32(45)15-11-16-33(31)46)22-27(43)12-7-5-4-6-8-17-34(41(51)49(35)24-29)47-42(52)57-28-13-9-10-14-28/h11,15-16,18-19,21,27-29,34-35H,3-10,12-14,17,20,22-25H2,1-2H3,(H,47,52)(H,53,54)/t27-,29?,34-,35-,43+/m0/s1. The molecule has 0 bridgehead atoms. The van der Waals surface area contributed by atoms with E-state index in [-0.39, 0.29) is 37.8 Å². The van der Waals surface area contributed by atoms with Crippen molar-refractivity contribution in [2.24, 2.45) is 5.92 Å². The average molecular weight is 889 g/mol. The van der Waals surface area contributed by atoms with Crippen molar-refractivity contribution in [2.75, 3.05) is 13.2 Å². The van der Waals surface area contributed by atoms with Crippen molar-refractivity contribution in [2.45, 2.75) is 139 Å². The van der Waals surface area contributed by atoms with Crippen LogP contribution in [-0.2, 0) is 25.1 Å². The summed E-state index contributed by atoms with van der Waals surface area (Å²) in [5.41, 5.74) is 1.11. The van der Waals surface area contributed by atoms with Gasteiger partial charge >= 0.3 is 6.09 Å². The maximum absolute atomic E-state index is 14.9. The number of amides is 2. The van der Waals surface area contributed by atoms with Gasteiger partial charge < -0.3 is 29.3 Å². The Morgan fingerprint density at radius 2 is 1.71 bits per heavy atom. The maximum Gasteiger partial charge on any atom is 0.408 e. The molecule has 1 aromatic heterocycles. The Hall–Kier alpha value is -3.61. The Morgan fingerprint density at radius 3 is 2.43 bits per heavy atom. The lowest BCUT2D eigenvalue weighted by Crippen LogP contribution is -2.52. The summed E-state index contributed by atoms with van der Waals surface area (Å²) in [6.07, 6.45) is 5.96. The lowest BCUT2D eigenvalue weighted by atomic mass is 10.0. The summed E-state index contributed by atoms with van der Waals surface area (Å²) in [6.45, 7) is 4.16. The van der Waals surface area contributed by atoms with Gasteiger partial charge in [0.2, 0.25) is 19.2 Å². The van der Waals surface area contributed by atoms with Crippen LogP contribution in [0.4, 0.5) is 13.6 Å². The Labute approximate surface area is 346 Å². The van der Waals surface area contributed by atoms with E-state index in [4.69, 9.17) is 14.2 Å².